The SMILES string of the molecule is Cc1ccn(-c2ccc(N3CCC[C@@H]3C(=O)N(C)C)nn2)n1. The lowest BCUT2D eigenvalue weighted by atomic mass is 10.2. The number of nitrogens with zero attached hydrogens (tertiary/aromatic N) is 6. The highest BCUT2D eigenvalue weighted by Gasteiger charge is 2.32. The van der Waals surface area contributed by atoms with Gasteiger partial charge in [0.25, 0.3) is 0 Å². The van der Waals surface area contributed by atoms with Gasteiger partial charge in [-0.3, -0.25) is 4.79 Å². The van der Waals surface area contributed by atoms with Gasteiger partial charge >= 0.3 is 0 Å². The van der Waals surface area contributed by atoms with Gasteiger partial charge < -0.3 is 9.80 Å². The van der Waals surface area contributed by atoms with Crippen LogP contribution in [-0.2, 0) is 4.79 Å². The molecule has 7 heteroatoms. The van der Waals surface area contributed by atoms with E-state index in [1.54, 1.807) is 23.7 Å². The molecular formula is C15H20N6O. The summed E-state index contributed by atoms with van der Waals surface area (Å²) in [5, 5.41) is 12.8. The Morgan fingerprint density at radius 3 is 2.55 bits per heavy atom. The summed E-state index contributed by atoms with van der Waals surface area (Å²) in [6, 6.07) is 5.56. The summed E-state index contributed by atoms with van der Waals surface area (Å²) in [6.45, 7) is 2.76. The molecule has 3 heterocycles. The van der Waals surface area contributed by atoms with E-state index in [4.69, 9.17) is 0 Å². The summed E-state index contributed by atoms with van der Waals surface area (Å²) in [6.07, 6.45) is 3.71. The lowest BCUT2D eigenvalue weighted by Gasteiger charge is -2.26. The van der Waals surface area contributed by atoms with Crippen molar-refractivity contribution < 1.29 is 4.79 Å². The van der Waals surface area contributed by atoms with Gasteiger partial charge in [-0.25, -0.2) is 4.68 Å². The molecule has 0 spiro atoms. The van der Waals surface area contributed by atoms with Gasteiger partial charge in [0.2, 0.25) is 5.91 Å². The molecule has 2 aromatic heterocycles. The number of aryl methyl sites for hydroxylation is 1. The zero-order chi connectivity index (χ0) is 15.7. The Hall–Kier alpha value is -2.44. The van der Waals surface area contributed by atoms with E-state index >= 15 is 0 Å². The van der Waals surface area contributed by atoms with E-state index in [0.29, 0.717) is 5.82 Å². The van der Waals surface area contributed by atoms with Crippen molar-refractivity contribution in [2.75, 3.05) is 25.5 Å². The van der Waals surface area contributed by atoms with Crippen molar-refractivity contribution >= 4 is 11.7 Å². The molecule has 116 valence electrons. The summed E-state index contributed by atoms with van der Waals surface area (Å²) in [5.41, 5.74) is 0.932. The molecule has 0 aromatic carbocycles. The third-order valence-corrected chi connectivity index (χ3v) is 3.87. The highest BCUT2D eigenvalue weighted by molar-refractivity contribution is 5.85. The molecule has 0 bridgehead atoms. The molecule has 2 aromatic rings. The Morgan fingerprint density at radius 1 is 1.23 bits per heavy atom. The molecule has 0 aliphatic carbocycles. The molecule has 1 aliphatic heterocycles. The standard InChI is InChI=1S/C15H20N6O/c1-11-8-10-21(18-11)14-7-6-13(16-17-14)20-9-4-5-12(20)15(22)19(2)3/h6-8,10,12H,4-5,9H2,1-3H3/t12-/m1/s1. The summed E-state index contributed by atoms with van der Waals surface area (Å²) in [7, 11) is 3.57. The summed E-state index contributed by atoms with van der Waals surface area (Å²) in [5.74, 6) is 1.53. The Kier molecular flexibility index (Phi) is 3.79. The average molecular weight is 300 g/mol. The topological polar surface area (TPSA) is 67.2 Å². The van der Waals surface area contributed by atoms with Crippen LogP contribution in [0.4, 0.5) is 5.82 Å². The average Bonchev–Trinajstić information content (AvgIpc) is 3.15. The maximum atomic E-state index is 12.2. The molecule has 0 radical (unpaired) electrons. The van der Waals surface area contributed by atoms with Crippen molar-refractivity contribution in [2.45, 2.75) is 25.8 Å². The van der Waals surface area contributed by atoms with Gasteiger partial charge in [-0.2, -0.15) is 5.10 Å². The van der Waals surface area contributed by atoms with E-state index in [0.717, 1.165) is 30.9 Å². The molecule has 3 rings (SSSR count). The van der Waals surface area contributed by atoms with Crippen molar-refractivity contribution in [2.24, 2.45) is 0 Å². The number of likely N-dealkylation sites (N-methyl/N-ethyl adjacent to an activating group) is 1. The minimum Gasteiger partial charge on any atom is -0.347 e. The summed E-state index contributed by atoms with van der Waals surface area (Å²) < 4.78 is 1.69. The van der Waals surface area contributed by atoms with Gasteiger partial charge in [-0.1, -0.05) is 0 Å². The van der Waals surface area contributed by atoms with E-state index in [2.05, 4.69) is 15.3 Å². The largest absolute Gasteiger partial charge is 0.347 e. The normalized spacial score (nSPS) is 17.8. The van der Waals surface area contributed by atoms with Crippen LogP contribution in [0, 0.1) is 6.92 Å². The number of carbonyl (C=O) groups excluding carboxylic acids is 1. The maximum absolute atomic E-state index is 12.2. The molecule has 1 aliphatic rings. The van der Waals surface area contributed by atoms with Gasteiger partial charge in [0.1, 0.15) is 6.04 Å². The van der Waals surface area contributed by atoms with Crippen LogP contribution in [0.5, 0.6) is 0 Å². The second-order valence-corrected chi connectivity index (χ2v) is 5.74. The Morgan fingerprint density at radius 2 is 1.95 bits per heavy atom. The second-order valence-electron chi connectivity index (χ2n) is 5.74. The van der Waals surface area contributed by atoms with Crippen LogP contribution < -0.4 is 4.90 Å². The number of rotatable bonds is 3. The quantitative estimate of drug-likeness (QED) is 0.847. The lowest BCUT2D eigenvalue weighted by molar-refractivity contribution is -0.129. The maximum Gasteiger partial charge on any atom is 0.244 e. The van der Waals surface area contributed by atoms with Crippen molar-refractivity contribution in [3.05, 3.63) is 30.1 Å². The molecule has 1 atom stereocenters. The molecule has 0 unspecified atom stereocenters. The number of aromatic nitrogens is 4. The van der Waals surface area contributed by atoms with Gasteiger partial charge in [0, 0.05) is 26.8 Å². The van der Waals surface area contributed by atoms with Crippen molar-refractivity contribution in [3.8, 4) is 5.82 Å². The first-order valence-electron chi connectivity index (χ1n) is 7.40. The van der Waals surface area contributed by atoms with Gasteiger partial charge in [0.05, 0.1) is 5.69 Å². The lowest BCUT2D eigenvalue weighted by Crippen LogP contribution is -2.43. The third-order valence-electron chi connectivity index (χ3n) is 3.87. The van der Waals surface area contributed by atoms with Crippen molar-refractivity contribution in [3.63, 3.8) is 0 Å². The van der Waals surface area contributed by atoms with Crippen LogP contribution in [0.25, 0.3) is 5.82 Å². The first kappa shape index (κ1) is 14.5. The highest BCUT2D eigenvalue weighted by Crippen LogP contribution is 2.24. The van der Waals surface area contributed by atoms with Crippen molar-refractivity contribution in [1.82, 2.24) is 24.9 Å². The highest BCUT2D eigenvalue weighted by atomic mass is 16.2. The van der Waals surface area contributed by atoms with Crippen LogP contribution in [-0.4, -0.2) is 57.5 Å². The number of hydrogen-bond acceptors (Lipinski definition) is 5. The van der Waals surface area contributed by atoms with Crippen LogP contribution in [0.3, 0.4) is 0 Å². The first-order chi connectivity index (χ1) is 10.6. The number of anilines is 1. The summed E-state index contributed by atoms with van der Waals surface area (Å²) >= 11 is 0. The monoisotopic (exact) mass is 300 g/mol. The van der Waals surface area contributed by atoms with E-state index in [9.17, 15) is 4.79 Å². The number of carbonyl (C=O) groups is 1. The molecule has 1 saturated heterocycles. The number of hydrogen-bond donors (Lipinski definition) is 0. The fraction of sp³-hybridized carbons (Fsp3) is 0.467. The third kappa shape index (κ3) is 2.66. The van der Waals surface area contributed by atoms with Crippen LogP contribution in [0.1, 0.15) is 18.5 Å². The predicted molar refractivity (Wildman–Crippen MR) is 83.0 cm³/mol. The van der Waals surface area contributed by atoms with Gasteiger partial charge in [-0.05, 0) is 38.0 Å². The van der Waals surface area contributed by atoms with Crippen LogP contribution in [0.15, 0.2) is 24.4 Å². The number of amides is 1. The fourth-order valence-electron chi connectivity index (χ4n) is 2.73. The summed E-state index contributed by atoms with van der Waals surface area (Å²) in [4.78, 5) is 15.9. The molecule has 7 nitrogen and oxygen atoms in total. The second kappa shape index (κ2) is 5.75. The molecule has 0 N–H and O–H groups in total. The smallest absolute Gasteiger partial charge is 0.244 e. The molecule has 1 amide bonds. The van der Waals surface area contributed by atoms with Gasteiger partial charge in [0.15, 0.2) is 11.6 Å². The minimum atomic E-state index is -0.137. The van der Waals surface area contributed by atoms with E-state index < -0.39 is 0 Å². The van der Waals surface area contributed by atoms with Crippen molar-refractivity contribution in [1.29, 1.82) is 0 Å². The Labute approximate surface area is 129 Å². The predicted octanol–water partition coefficient (Wildman–Crippen LogP) is 1.03. The van der Waals surface area contributed by atoms with E-state index in [1.807, 2.05) is 36.2 Å². The minimum absolute atomic E-state index is 0.117. The Bertz CT molecular complexity index is 663. The molecular weight excluding hydrogens is 280 g/mol. The zero-order valence-electron chi connectivity index (χ0n) is 13.1. The molecule has 0 saturated carbocycles. The fourth-order valence-corrected chi connectivity index (χ4v) is 2.73. The first-order valence-corrected chi connectivity index (χ1v) is 7.40. The van der Waals surface area contributed by atoms with Gasteiger partial charge in [-0.15, -0.1) is 10.2 Å². The van der Waals surface area contributed by atoms with E-state index in [-0.39, 0.29) is 11.9 Å². The molecule has 1 fully saturated rings. The zero-order valence-corrected chi connectivity index (χ0v) is 13.1. The van der Waals surface area contributed by atoms with E-state index in [1.165, 1.54) is 0 Å². The Balaban J connectivity index is 1.81. The molecule has 22 heavy (non-hydrogen) atoms. The van der Waals surface area contributed by atoms with Crippen LogP contribution in [0.2, 0.25) is 0 Å². The van der Waals surface area contributed by atoms with Crippen LogP contribution >= 0.6 is 0 Å².